The summed E-state index contributed by atoms with van der Waals surface area (Å²) in [6, 6.07) is 7.51. The van der Waals surface area contributed by atoms with Crippen molar-refractivity contribution in [3.05, 3.63) is 46.7 Å². The van der Waals surface area contributed by atoms with Crippen LogP contribution in [0, 0.1) is 16.7 Å². The van der Waals surface area contributed by atoms with Crippen LogP contribution in [0.5, 0.6) is 11.8 Å². The lowest BCUT2D eigenvalue weighted by atomic mass is 9.59. The van der Waals surface area contributed by atoms with Gasteiger partial charge in [-0.3, -0.25) is 4.79 Å². The molecule has 2 aromatic rings. The molecular weight excluding hydrogens is 480 g/mol. The van der Waals surface area contributed by atoms with Crippen LogP contribution in [0.25, 0.3) is 0 Å². The topological polar surface area (TPSA) is 117 Å². The van der Waals surface area contributed by atoms with Gasteiger partial charge in [-0.2, -0.15) is 5.26 Å². The van der Waals surface area contributed by atoms with Crippen molar-refractivity contribution in [2.24, 2.45) is 5.41 Å². The largest absolute Gasteiger partial charge is 0.490 e. The Morgan fingerprint density at radius 2 is 1.75 bits per heavy atom. The first-order valence-electron chi connectivity index (χ1n) is 12.8. The third-order valence-electron chi connectivity index (χ3n) is 7.87. The molecule has 36 heavy (non-hydrogen) atoms. The van der Waals surface area contributed by atoms with Crippen LogP contribution < -0.4 is 14.8 Å². The molecule has 1 spiro atoms. The highest BCUT2D eigenvalue weighted by Gasteiger charge is 2.47. The number of halogens is 1. The van der Waals surface area contributed by atoms with Crippen LogP contribution >= 0.6 is 11.6 Å². The average Bonchev–Trinajstić information content (AvgIpc) is 2.86. The van der Waals surface area contributed by atoms with E-state index in [4.69, 9.17) is 26.3 Å². The van der Waals surface area contributed by atoms with Crippen LogP contribution in [0.2, 0.25) is 5.02 Å². The minimum Gasteiger partial charge on any atom is -0.490 e. The van der Waals surface area contributed by atoms with Gasteiger partial charge in [0.05, 0.1) is 28.4 Å². The summed E-state index contributed by atoms with van der Waals surface area (Å²) in [6.45, 7) is 0. The molecule has 1 aromatic heterocycles. The first-order chi connectivity index (χ1) is 17.4. The van der Waals surface area contributed by atoms with Gasteiger partial charge >= 0.3 is 6.01 Å². The fraction of sp³-hybridized carbons (Fsp3) is 0.556. The second kappa shape index (κ2) is 10.6. The Morgan fingerprint density at radius 1 is 1.06 bits per heavy atom. The number of amides is 1. The van der Waals surface area contributed by atoms with E-state index in [0.717, 1.165) is 64.2 Å². The highest BCUT2D eigenvalue weighted by atomic mass is 35.5. The quantitative estimate of drug-likeness (QED) is 0.583. The fourth-order valence-corrected chi connectivity index (χ4v) is 5.91. The molecule has 0 atom stereocenters. The maximum atomic E-state index is 12.7. The van der Waals surface area contributed by atoms with Crippen molar-refractivity contribution in [3.8, 4) is 17.8 Å². The minimum atomic E-state index is -0.187. The van der Waals surface area contributed by atoms with Crippen LogP contribution in [-0.2, 0) is 0 Å². The molecule has 3 aliphatic rings. The van der Waals surface area contributed by atoms with Gasteiger partial charge in [0.2, 0.25) is 0 Å². The van der Waals surface area contributed by atoms with E-state index in [9.17, 15) is 9.90 Å². The van der Waals surface area contributed by atoms with Crippen LogP contribution in [0.1, 0.15) is 80.1 Å². The van der Waals surface area contributed by atoms with E-state index in [-0.39, 0.29) is 30.3 Å². The van der Waals surface area contributed by atoms with E-state index in [1.165, 1.54) is 12.4 Å². The number of aromatic nitrogens is 2. The SMILES string of the molecule is N#Cc1ccc(OC2CCC(NC(=O)c3cnc(OC4CC5(CCC(O)CC5)C4)nc3)CC2)cc1Cl. The molecule has 3 fully saturated rings. The average molecular weight is 511 g/mol. The molecule has 190 valence electrons. The van der Waals surface area contributed by atoms with E-state index in [1.54, 1.807) is 18.2 Å². The number of nitrogens with one attached hydrogen (secondary N) is 1. The lowest BCUT2D eigenvalue weighted by molar-refractivity contribution is -0.0645. The summed E-state index contributed by atoms with van der Waals surface area (Å²) < 4.78 is 11.9. The van der Waals surface area contributed by atoms with Gasteiger partial charge in [-0.15, -0.1) is 0 Å². The van der Waals surface area contributed by atoms with Crippen LogP contribution in [0.4, 0.5) is 0 Å². The Balaban J connectivity index is 1.04. The lowest BCUT2D eigenvalue weighted by Crippen LogP contribution is -2.47. The summed E-state index contributed by atoms with van der Waals surface area (Å²) in [5.41, 5.74) is 1.17. The van der Waals surface area contributed by atoms with E-state index in [2.05, 4.69) is 15.3 Å². The highest BCUT2D eigenvalue weighted by Crippen LogP contribution is 2.52. The van der Waals surface area contributed by atoms with Gasteiger partial charge in [0, 0.05) is 24.5 Å². The lowest BCUT2D eigenvalue weighted by Gasteiger charge is -2.50. The zero-order valence-corrected chi connectivity index (χ0v) is 20.9. The number of hydrogen-bond donors (Lipinski definition) is 2. The second-order valence-electron chi connectivity index (χ2n) is 10.5. The monoisotopic (exact) mass is 510 g/mol. The van der Waals surface area contributed by atoms with Gasteiger partial charge in [0.15, 0.2) is 0 Å². The molecule has 0 saturated heterocycles. The Kier molecular flexibility index (Phi) is 7.31. The number of aliphatic hydroxyl groups excluding tert-OH is 1. The van der Waals surface area contributed by atoms with Crippen molar-refractivity contribution >= 4 is 17.5 Å². The third kappa shape index (κ3) is 5.74. The molecule has 2 N–H and O–H groups in total. The van der Waals surface area contributed by atoms with Crippen molar-refractivity contribution in [1.82, 2.24) is 15.3 Å². The molecule has 0 radical (unpaired) electrons. The molecule has 0 unspecified atom stereocenters. The van der Waals surface area contributed by atoms with E-state index >= 15 is 0 Å². The summed E-state index contributed by atoms with van der Waals surface area (Å²) in [5, 5.41) is 22.2. The number of hydrogen-bond acceptors (Lipinski definition) is 7. The zero-order valence-electron chi connectivity index (χ0n) is 20.2. The van der Waals surface area contributed by atoms with Gasteiger partial charge in [0.1, 0.15) is 17.9 Å². The predicted molar refractivity (Wildman–Crippen MR) is 133 cm³/mol. The number of ether oxygens (including phenoxy) is 2. The predicted octanol–water partition coefficient (Wildman–Crippen LogP) is 4.58. The molecule has 0 aliphatic heterocycles. The number of carbonyl (C=O) groups is 1. The Hall–Kier alpha value is -2.89. The van der Waals surface area contributed by atoms with E-state index in [0.29, 0.717) is 33.3 Å². The smallest absolute Gasteiger partial charge is 0.316 e. The molecule has 1 aromatic carbocycles. The molecule has 0 bridgehead atoms. The van der Waals surface area contributed by atoms with Crippen molar-refractivity contribution in [1.29, 1.82) is 5.26 Å². The number of nitriles is 1. The van der Waals surface area contributed by atoms with Gasteiger partial charge in [-0.1, -0.05) is 11.6 Å². The standard InChI is InChI=1S/C27H31ClN4O4/c28-24-11-22(4-1-17(24)14-29)35-21-5-2-19(3-6-21)32-25(34)18-15-30-26(31-16-18)36-23-12-27(13-23)9-7-20(33)8-10-27/h1,4,11,15-16,19-21,23,33H,2-3,5-10,12-13H2,(H,32,34). The maximum Gasteiger partial charge on any atom is 0.316 e. The highest BCUT2D eigenvalue weighted by molar-refractivity contribution is 6.31. The van der Waals surface area contributed by atoms with Gasteiger partial charge in [-0.05, 0) is 81.8 Å². The molecule has 9 heteroatoms. The number of rotatable bonds is 6. The Morgan fingerprint density at radius 3 is 2.39 bits per heavy atom. The number of aliphatic hydroxyl groups is 1. The third-order valence-corrected chi connectivity index (χ3v) is 8.19. The Labute approximate surface area is 216 Å². The molecule has 1 heterocycles. The number of benzene rings is 1. The van der Waals surface area contributed by atoms with E-state index in [1.807, 2.05) is 6.07 Å². The summed E-state index contributed by atoms with van der Waals surface area (Å²) in [4.78, 5) is 21.2. The molecule has 3 saturated carbocycles. The number of carbonyl (C=O) groups excluding carboxylic acids is 1. The molecular formula is C27H31ClN4O4. The second-order valence-corrected chi connectivity index (χ2v) is 10.9. The van der Waals surface area contributed by atoms with Crippen molar-refractivity contribution in [3.63, 3.8) is 0 Å². The van der Waals surface area contributed by atoms with Crippen LogP contribution in [0.15, 0.2) is 30.6 Å². The maximum absolute atomic E-state index is 12.7. The van der Waals surface area contributed by atoms with Gasteiger partial charge in [-0.25, -0.2) is 9.97 Å². The van der Waals surface area contributed by atoms with Gasteiger partial charge < -0.3 is 19.9 Å². The first kappa shape index (κ1) is 24.8. The summed E-state index contributed by atoms with van der Waals surface area (Å²) >= 11 is 6.09. The zero-order chi connectivity index (χ0) is 25.1. The van der Waals surface area contributed by atoms with Crippen LogP contribution in [-0.4, -0.2) is 45.3 Å². The first-order valence-corrected chi connectivity index (χ1v) is 13.1. The summed E-state index contributed by atoms with van der Waals surface area (Å²) in [6.07, 6.45) is 12.1. The minimum absolute atomic E-state index is 0.0474. The summed E-state index contributed by atoms with van der Waals surface area (Å²) in [7, 11) is 0. The van der Waals surface area contributed by atoms with Crippen molar-refractivity contribution in [2.75, 3.05) is 0 Å². The van der Waals surface area contributed by atoms with Crippen molar-refractivity contribution < 1.29 is 19.4 Å². The molecule has 1 amide bonds. The molecule has 3 aliphatic carbocycles. The molecule has 5 rings (SSSR count). The fourth-order valence-electron chi connectivity index (χ4n) is 5.70. The van der Waals surface area contributed by atoms with Gasteiger partial charge in [0.25, 0.3) is 5.91 Å². The Bertz CT molecular complexity index is 1110. The summed E-state index contributed by atoms with van der Waals surface area (Å²) in [5.74, 6) is 0.466. The van der Waals surface area contributed by atoms with Crippen molar-refractivity contribution in [2.45, 2.75) is 88.6 Å². The number of nitrogens with zero attached hydrogens (tertiary/aromatic N) is 3. The molecule has 8 nitrogen and oxygen atoms in total. The normalized spacial score (nSPS) is 29.6. The van der Waals surface area contributed by atoms with Crippen LogP contribution in [0.3, 0.4) is 0 Å². The van der Waals surface area contributed by atoms with E-state index < -0.39 is 0 Å².